The highest BCUT2D eigenvalue weighted by molar-refractivity contribution is 8.21. The molecule has 8 saturated carbocycles. The largest absolute Gasteiger partial charge is 0.464 e. The third-order valence-corrected chi connectivity index (χ3v) is 15.1. The summed E-state index contributed by atoms with van der Waals surface area (Å²) in [5.74, 6) is -0.383. The quantitative estimate of drug-likeness (QED) is 0.402. The summed E-state index contributed by atoms with van der Waals surface area (Å²) in [6, 6.07) is 0. The average molecular weight is 555 g/mol. The molecule has 5 nitrogen and oxygen atoms in total. The molecule has 9 rings (SSSR count). The SMILES string of the molecule is CC(F)(F)COC(=O)C12CC3CC(C1)C1(SCC(COC(=O)C45CC6CC(C4)C(=O)C(C6)C5)S1)C(C3)C2. The summed E-state index contributed by atoms with van der Waals surface area (Å²) in [4.78, 5) is 38.9. The number of ketones is 1. The fourth-order valence-corrected chi connectivity index (χ4v) is 14.0. The van der Waals surface area contributed by atoms with Crippen molar-refractivity contribution in [3.63, 3.8) is 0 Å². The van der Waals surface area contributed by atoms with Gasteiger partial charge >= 0.3 is 11.9 Å². The van der Waals surface area contributed by atoms with Gasteiger partial charge in [-0.25, -0.2) is 8.78 Å². The minimum Gasteiger partial charge on any atom is -0.464 e. The number of hydrogen-bond acceptors (Lipinski definition) is 7. The lowest BCUT2D eigenvalue weighted by atomic mass is 9.49. The van der Waals surface area contributed by atoms with Gasteiger partial charge in [-0.05, 0) is 87.9 Å². The van der Waals surface area contributed by atoms with Gasteiger partial charge < -0.3 is 9.47 Å². The Labute approximate surface area is 225 Å². The van der Waals surface area contributed by atoms with Crippen molar-refractivity contribution >= 4 is 41.2 Å². The molecule has 5 unspecified atom stereocenters. The Hall–Kier alpha value is -0.830. The number of ether oxygens (including phenoxy) is 2. The van der Waals surface area contributed by atoms with Gasteiger partial charge in [-0.1, -0.05) is 0 Å². The van der Waals surface area contributed by atoms with E-state index in [2.05, 4.69) is 0 Å². The van der Waals surface area contributed by atoms with Crippen molar-refractivity contribution in [1.82, 2.24) is 0 Å². The van der Waals surface area contributed by atoms with Gasteiger partial charge in [0.15, 0.2) is 6.61 Å². The van der Waals surface area contributed by atoms with Gasteiger partial charge in [0.05, 0.1) is 14.9 Å². The zero-order valence-corrected chi connectivity index (χ0v) is 23.0. The molecule has 0 N–H and O–H groups in total. The normalized spacial score (nSPS) is 49.2. The van der Waals surface area contributed by atoms with Crippen molar-refractivity contribution in [3.05, 3.63) is 0 Å². The van der Waals surface area contributed by atoms with E-state index in [4.69, 9.17) is 9.47 Å². The Morgan fingerprint density at radius 2 is 1.46 bits per heavy atom. The smallest absolute Gasteiger partial charge is 0.312 e. The maximum absolute atomic E-state index is 13.4. The van der Waals surface area contributed by atoms with Gasteiger partial charge in [-0.2, -0.15) is 0 Å². The zero-order valence-electron chi connectivity index (χ0n) is 21.3. The first-order valence-corrected chi connectivity index (χ1v) is 15.9. The number of thioether (sulfide) groups is 2. The molecular weight excluding hydrogens is 518 g/mol. The Morgan fingerprint density at radius 3 is 2.08 bits per heavy atom. The van der Waals surface area contributed by atoms with Crippen LogP contribution in [0.1, 0.15) is 71.1 Å². The zero-order chi connectivity index (χ0) is 25.8. The van der Waals surface area contributed by atoms with Crippen molar-refractivity contribution in [2.45, 2.75) is 86.4 Å². The lowest BCUT2D eigenvalue weighted by Crippen LogP contribution is -2.60. The summed E-state index contributed by atoms with van der Waals surface area (Å²) in [5.41, 5.74) is -1.04. The van der Waals surface area contributed by atoms with Crippen LogP contribution < -0.4 is 0 Å². The van der Waals surface area contributed by atoms with E-state index in [0.717, 1.165) is 64.0 Å². The van der Waals surface area contributed by atoms with Crippen molar-refractivity contribution in [1.29, 1.82) is 0 Å². The summed E-state index contributed by atoms with van der Waals surface area (Å²) in [6.07, 6.45) is 8.56. The molecule has 37 heavy (non-hydrogen) atoms. The molecule has 9 heteroatoms. The second kappa shape index (κ2) is 8.34. The van der Waals surface area contributed by atoms with Crippen LogP contribution in [0.2, 0.25) is 0 Å². The Morgan fingerprint density at radius 1 is 0.892 bits per heavy atom. The van der Waals surface area contributed by atoms with E-state index in [1.807, 2.05) is 23.5 Å². The van der Waals surface area contributed by atoms with Crippen LogP contribution in [-0.2, 0) is 23.9 Å². The Kier molecular flexibility index (Phi) is 5.67. The van der Waals surface area contributed by atoms with E-state index in [9.17, 15) is 23.2 Å². The second-order valence-corrected chi connectivity index (χ2v) is 16.8. The minimum atomic E-state index is -3.01. The standard InChI is InChI=1S/C28H36F2O5S2/c1-25(29,30)14-35-24(33)27-7-16-4-19(10-27)28(20(5-16)11-27)36-13-21(37-28)12-34-23(32)26-6-15-2-17(8-26)22(31)18(3-15)9-26/h15-21H,2-14H2,1H3. The molecule has 0 aromatic rings. The molecular formula is C28H36F2O5S2. The summed E-state index contributed by atoms with van der Waals surface area (Å²) >= 11 is 3.94. The van der Waals surface area contributed by atoms with E-state index in [-0.39, 0.29) is 27.1 Å². The van der Waals surface area contributed by atoms with Gasteiger partial charge in [0, 0.05) is 29.8 Å². The Bertz CT molecular complexity index is 993. The lowest BCUT2D eigenvalue weighted by molar-refractivity contribution is -0.180. The summed E-state index contributed by atoms with van der Waals surface area (Å²) < 4.78 is 37.9. The topological polar surface area (TPSA) is 69.7 Å². The molecule has 9 fully saturated rings. The molecule has 0 aromatic heterocycles. The monoisotopic (exact) mass is 554 g/mol. The fourth-order valence-electron chi connectivity index (χ4n) is 9.90. The van der Waals surface area contributed by atoms with E-state index < -0.39 is 29.3 Å². The third-order valence-electron chi connectivity index (χ3n) is 10.9. The van der Waals surface area contributed by atoms with Crippen LogP contribution in [0, 0.1) is 46.3 Å². The highest BCUT2D eigenvalue weighted by Gasteiger charge is 2.67. The van der Waals surface area contributed by atoms with Gasteiger partial charge in [0.1, 0.15) is 12.4 Å². The van der Waals surface area contributed by atoms with E-state index in [1.165, 1.54) is 0 Å². The average Bonchev–Trinajstić information content (AvgIpc) is 3.26. The molecule has 1 heterocycles. The van der Waals surface area contributed by atoms with E-state index in [1.54, 1.807) is 0 Å². The fraction of sp³-hybridized carbons (Fsp3) is 0.893. The first-order valence-electron chi connectivity index (χ1n) is 14.1. The van der Waals surface area contributed by atoms with Crippen molar-refractivity contribution < 1.29 is 32.6 Å². The number of carbonyl (C=O) groups excluding carboxylic acids is 3. The number of rotatable bonds is 6. The highest BCUT2D eigenvalue weighted by Crippen LogP contribution is 2.73. The van der Waals surface area contributed by atoms with Crippen LogP contribution in [-0.4, -0.2) is 51.9 Å². The van der Waals surface area contributed by atoms with E-state index in [0.29, 0.717) is 48.9 Å². The predicted molar refractivity (Wildman–Crippen MR) is 136 cm³/mol. The van der Waals surface area contributed by atoms with Crippen LogP contribution in [0.15, 0.2) is 0 Å². The van der Waals surface area contributed by atoms with Crippen molar-refractivity contribution in [2.75, 3.05) is 19.0 Å². The maximum atomic E-state index is 13.4. The van der Waals surface area contributed by atoms with Gasteiger partial charge in [-0.3, -0.25) is 14.4 Å². The third kappa shape index (κ3) is 3.93. The lowest BCUT2D eigenvalue weighted by Gasteiger charge is -2.62. The molecule has 1 saturated heterocycles. The van der Waals surface area contributed by atoms with Gasteiger partial charge in [0.2, 0.25) is 0 Å². The molecule has 1 aliphatic heterocycles. The van der Waals surface area contributed by atoms with Gasteiger partial charge in [-0.15, -0.1) is 23.5 Å². The molecule has 204 valence electrons. The molecule has 0 aromatic carbocycles. The van der Waals surface area contributed by atoms with E-state index >= 15 is 0 Å². The first kappa shape index (κ1) is 25.2. The summed E-state index contributed by atoms with van der Waals surface area (Å²) in [7, 11) is 0. The number of esters is 2. The number of hydrogen-bond donors (Lipinski definition) is 0. The molecule has 0 amide bonds. The number of carbonyl (C=O) groups is 3. The molecule has 8 aliphatic carbocycles. The van der Waals surface area contributed by atoms with Crippen molar-refractivity contribution in [2.24, 2.45) is 46.3 Å². The van der Waals surface area contributed by atoms with Crippen LogP contribution in [0.5, 0.6) is 0 Å². The second-order valence-electron chi connectivity index (χ2n) is 13.7. The number of Topliss-reactive ketones (excluding diaryl/α,β-unsaturated/α-hetero) is 1. The predicted octanol–water partition coefficient (Wildman–Crippen LogP) is 5.49. The van der Waals surface area contributed by atoms with Crippen LogP contribution in [0.25, 0.3) is 0 Å². The minimum absolute atomic E-state index is 0.0274. The summed E-state index contributed by atoms with van der Waals surface area (Å²) in [5, 5.41) is 0.226. The van der Waals surface area contributed by atoms with Crippen LogP contribution in [0.4, 0.5) is 8.78 Å². The summed E-state index contributed by atoms with van der Waals surface area (Å²) in [6.45, 7) is 0.361. The number of halogens is 2. The van der Waals surface area contributed by atoms with Crippen LogP contribution >= 0.6 is 23.5 Å². The molecule has 5 atom stereocenters. The van der Waals surface area contributed by atoms with Gasteiger partial charge in [0.25, 0.3) is 5.92 Å². The number of alkyl halides is 2. The Balaban J connectivity index is 0.993. The highest BCUT2D eigenvalue weighted by atomic mass is 32.2. The molecule has 0 radical (unpaired) electrons. The molecule has 8 bridgehead atoms. The maximum Gasteiger partial charge on any atom is 0.312 e. The van der Waals surface area contributed by atoms with Crippen LogP contribution in [0.3, 0.4) is 0 Å². The first-order chi connectivity index (χ1) is 17.5. The molecule has 9 aliphatic rings. The van der Waals surface area contributed by atoms with Crippen molar-refractivity contribution in [3.8, 4) is 0 Å². The molecule has 1 spiro atoms.